The van der Waals surface area contributed by atoms with Gasteiger partial charge in [-0.25, -0.2) is 8.42 Å². The zero-order chi connectivity index (χ0) is 13.3. The summed E-state index contributed by atoms with van der Waals surface area (Å²) in [4.78, 5) is 13.0. The minimum absolute atomic E-state index is 0.0858. The van der Waals surface area contributed by atoms with Crippen LogP contribution in [0, 0.1) is 5.92 Å². The Hall–Kier alpha value is -0.660. The molecule has 0 aromatic heterocycles. The van der Waals surface area contributed by atoms with Crippen molar-refractivity contribution in [3.8, 4) is 0 Å². The molecule has 18 heavy (non-hydrogen) atoms. The first-order valence-corrected chi connectivity index (χ1v) is 7.96. The van der Waals surface area contributed by atoms with Crippen molar-refractivity contribution < 1.29 is 23.1 Å². The highest BCUT2D eigenvalue weighted by Crippen LogP contribution is 2.25. The zero-order valence-electron chi connectivity index (χ0n) is 10.4. The van der Waals surface area contributed by atoms with Crippen molar-refractivity contribution in [3.05, 3.63) is 0 Å². The van der Waals surface area contributed by atoms with Crippen LogP contribution in [0.3, 0.4) is 0 Å². The number of ether oxygens (including phenoxy) is 1. The summed E-state index contributed by atoms with van der Waals surface area (Å²) < 4.78 is 28.5. The van der Waals surface area contributed by atoms with Gasteiger partial charge in [-0.1, -0.05) is 0 Å². The quantitative estimate of drug-likeness (QED) is 0.755. The third-order valence-corrected chi connectivity index (χ3v) is 5.71. The van der Waals surface area contributed by atoms with Crippen LogP contribution in [-0.4, -0.2) is 68.2 Å². The highest BCUT2D eigenvalue weighted by Gasteiger charge is 2.40. The Bertz CT molecular complexity index is 421. The Morgan fingerprint density at radius 1 is 1.39 bits per heavy atom. The maximum Gasteiger partial charge on any atom is 0.310 e. The Labute approximate surface area is 107 Å². The number of carbonyl (C=O) groups is 1. The summed E-state index contributed by atoms with van der Waals surface area (Å²) in [5.74, 6) is -1.05. The second kappa shape index (κ2) is 5.14. The van der Waals surface area contributed by atoms with Crippen molar-refractivity contribution in [1.29, 1.82) is 0 Å². The van der Waals surface area contributed by atoms with E-state index in [9.17, 15) is 13.2 Å². The second-order valence-corrected chi connectivity index (χ2v) is 7.35. The molecule has 0 amide bonds. The van der Waals surface area contributed by atoms with Crippen molar-refractivity contribution in [2.75, 3.05) is 31.8 Å². The standard InChI is InChI=1S/C11H19NO5S/c1-12(8-3-2-4-18(15,16)7-8)10-6-17-5-9(10)11(13)14/h8-10H,2-7H2,1H3,(H,13,14). The SMILES string of the molecule is CN(C1CCCS(=O)(=O)C1)C1COCC1C(=O)O. The number of hydrogen-bond donors (Lipinski definition) is 1. The Kier molecular flexibility index (Phi) is 3.93. The van der Waals surface area contributed by atoms with Crippen LogP contribution in [0.1, 0.15) is 12.8 Å². The molecule has 2 aliphatic rings. The fourth-order valence-corrected chi connectivity index (χ4v) is 4.53. The van der Waals surface area contributed by atoms with E-state index >= 15 is 0 Å². The van der Waals surface area contributed by atoms with Gasteiger partial charge in [0, 0.05) is 12.1 Å². The molecule has 2 fully saturated rings. The molecule has 6 nitrogen and oxygen atoms in total. The first-order valence-electron chi connectivity index (χ1n) is 6.13. The fourth-order valence-electron chi connectivity index (χ4n) is 2.77. The summed E-state index contributed by atoms with van der Waals surface area (Å²) >= 11 is 0. The number of nitrogens with zero attached hydrogens (tertiary/aromatic N) is 1. The van der Waals surface area contributed by atoms with Gasteiger partial charge in [-0.3, -0.25) is 9.69 Å². The van der Waals surface area contributed by atoms with Crippen LogP contribution in [0.2, 0.25) is 0 Å². The number of rotatable bonds is 3. The Morgan fingerprint density at radius 2 is 2.11 bits per heavy atom. The summed E-state index contributed by atoms with van der Waals surface area (Å²) in [5.41, 5.74) is 0. The van der Waals surface area contributed by atoms with Crippen LogP contribution in [-0.2, 0) is 19.4 Å². The Balaban J connectivity index is 2.06. The van der Waals surface area contributed by atoms with Gasteiger partial charge in [-0.2, -0.15) is 0 Å². The topological polar surface area (TPSA) is 83.9 Å². The van der Waals surface area contributed by atoms with E-state index in [2.05, 4.69) is 0 Å². The molecular weight excluding hydrogens is 258 g/mol. The van der Waals surface area contributed by atoms with Crippen LogP contribution < -0.4 is 0 Å². The summed E-state index contributed by atoms with van der Waals surface area (Å²) in [5, 5.41) is 9.11. The molecular formula is C11H19NO5S. The number of carboxylic acids is 1. The first-order chi connectivity index (χ1) is 8.41. The zero-order valence-corrected chi connectivity index (χ0v) is 11.2. The average molecular weight is 277 g/mol. The molecule has 0 saturated carbocycles. The van der Waals surface area contributed by atoms with Gasteiger partial charge in [-0.05, 0) is 19.9 Å². The molecule has 3 atom stereocenters. The second-order valence-electron chi connectivity index (χ2n) is 5.13. The summed E-state index contributed by atoms with van der Waals surface area (Å²) in [7, 11) is -1.17. The number of sulfone groups is 1. The molecule has 7 heteroatoms. The molecule has 2 saturated heterocycles. The minimum Gasteiger partial charge on any atom is -0.481 e. The van der Waals surface area contributed by atoms with E-state index in [0.717, 1.165) is 6.42 Å². The third kappa shape index (κ3) is 2.84. The van der Waals surface area contributed by atoms with Gasteiger partial charge in [0.15, 0.2) is 9.84 Å². The molecule has 2 aliphatic heterocycles. The molecule has 2 heterocycles. The van der Waals surface area contributed by atoms with Gasteiger partial charge < -0.3 is 9.84 Å². The lowest BCUT2D eigenvalue weighted by atomic mass is 10.0. The predicted octanol–water partition coefficient (Wildman–Crippen LogP) is -0.405. The van der Waals surface area contributed by atoms with Gasteiger partial charge in [0.05, 0.1) is 30.6 Å². The lowest BCUT2D eigenvalue weighted by Crippen LogP contribution is -2.50. The van der Waals surface area contributed by atoms with Gasteiger partial charge in [0.1, 0.15) is 0 Å². The third-order valence-electron chi connectivity index (χ3n) is 3.91. The molecule has 3 unspecified atom stereocenters. The number of hydrogen-bond acceptors (Lipinski definition) is 5. The molecule has 0 bridgehead atoms. The molecule has 104 valence electrons. The number of aliphatic carboxylic acids is 1. The molecule has 1 N–H and O–H groups in total. The van der Waals surface area contributed by atoms with Crippen LogP contribution in [0.25, 0.3) is 0 Å². The van der Waals surface area contributed by atoms with Gasteiger partial charge in [0.2, 0.25) is 0 Å². The maximum atomic E-state index is 11.6. The average Bonchev–Trinajstić information content (AvgIpc) is 2.75. The molecule has 2 rings (SSSR count). The van der Waals surface area contributed by atoms with Crippen molar-refractivity contribution in [1.82, 2.24) is 4.90 Å². The van der Waals surface area contributed by atoms with Crippen molar-refractivity contribution >= 4 is 15.8 Å². The van der Waals surface area contributed by atoms with E-state index in [1.165, 1.54) is 0 Å². The van der Waals surface area contributed by atoms with Crippen LogP contribution in [0.15, 0.2) is 0 Å². The van der Waals surface area contributed by atoms with E-state index in [0.29, 0.717) is 13.0 Å². The van der Waals surface area contributed by atoms with Crippen LogP contribution in [0.4, 0.5) is 0 Å². The summed E-state index contributed by atoms with van der Waals surface area (Å²) in [6.07, 6.45) is 1.46. The lowest BCUT2D eigenvalue weighted by Gasteiger charge is -2.35. The van der Waals surface area contributed by atoms with E-state index < -0.39 is 21.7 Å². The summed E-state index contributed by atoms with van der Waals surface area (Å²) in [6, 6.07) is -0.307. The minimum atomic E-state index is -2.97. The van der Waals surface area contributed by atoms with Gasteiger partial charge in [0.25, 0.3) is 0 Å². The van der Waals surface area contributed by atoms with Crippen molar-refractivity contribution in [3.63, 3.8) is 0 Å². The van der Waals surface area contributed by atoms with Crippen LogP contribution in [0.5, 0.6) is 0 Å². The predicted molar refractivity (Wildman–Crippen MR) is 65.2 cm³/mol. The summed E-state index contributed by atoms with van der Waals surface area (Å²) in [6.45, 7) is 0.577. The number of carboxylic acid groups (broad SMARTS) is 1. The maximum absolute atomic E-state index is 11.6. The largest absolute Gasteiger partial charge is 0.481 e. The van der Waals surface area contributed by atoms with E-state index in [4.69, 9.17) is 9.84 Å². The highest BCUT2D eigenvalue weighted by atomic mass is 32.2. The van der Waals surface area contributed by atoms with Crippen molar-refractivity contribution in [2.24, 2.45) is 5.92 Å². The van der Waals surface area contributed by atoms with E-state index in [1.807, 2.05) is 4.90 Å². The monoisotopic (exact) mass is 277 g/mol. The van der Waals surface area contributed by atoms with Gasteiger partial charge >= 0.3 is 5.97 Å². The molecule has 0 spiro atoms. The molecule has 0 aromatic rings. The smallest absolute Gasteiger partial charge is 0.310 e. The molecule has 0 aliphatic carbocycles. The van der Waals surface area contributed by atoms with Gasteiger partial charge in [-0.15, -0.1) is 0 Å². The normalized spacial score (nSPS) is 35.8. The molecule has 0 aromatic carbocycles. The Morgan fingerprint density at radius 3 is 2.72 bits per heavy atom. The fraction of sp³-hybridized carbons (Fsp3) is 0.909. The highest BCUT2D eigenvalue weighted by molar-refractivity contribution is 7.91. The van der Waals surface area contributed by atoms with Crippen molar-refractivity contribution in [2.45, 2.75) is 24.9 Å². The van der Waals surface area contributed by atoms with E-state index in [-0.39, 0.29) is 30.2 Å². The molecule has 0 radical (unpaired) electrons. The number of likely N-dealkylation sites (N-methyl/N-ethyl adjacent to an activating group) is 1. The van der Waals surface area contributed by atoms with Crippen LogP contribution >= 0.6 is 0 Å². The lowest BCUT2D eigenvalue weighted by molar-refractivity contribution is -0.143. The van der Waals surface area contributed by atoms with E-state index in [1.54, 1.807) is 7.05 Å². The first kappa shape index (κ1) is 13.8.